The average Bonchev–Trinajstić information content (AvgIpc) is 2.44. The van der Waals surface area contributed by atoms with Gasteiger partial charge in [-0.1, -0.05) is 15.9 Å². The lowest BCUT2D eigenvalue weighted by atomic mass is 10.0. The Labute approximate surface area is 118 Å². The van der Waals surface area contributed by atoms with E-state index < -0.39 is 18.0 Å². The molecule has 6 heteroatoms. The van der Waals surface area contributed by atoms with E-state index in [2.05, 4.69) is 25.4 Å². The minimum absolute atomic E-state index is 0.111. The zero-order valence-electron chi connectivity index (χ0n) is 10.3. The molecule has 2 rings (SSSR count). The third kappa shape index (κ3) is 2.63. The van der Waals surface area contributed by atoms with E-state index in [-0.39, 0.29) is 5.57 Å². The third-order valence-corrected chi connectivity index (χ3v) is 3.14. The predicted octanol–water partition coefficient (Wildman–Crippen LogP) is 1.94. The number of halogens is 1. The lowest BCUT2D eigenvalue weighted by Gasteiger charge is -2.24. The van der Waals surface area contributed by atoms with Gasteiger partial charge < -0.3 is 14.2 Å². The van der Waals surface area contributed by atoms with Gasteiger partial charge in [-0.3, -0.25) is 0 Å². The largest absolute Gasteiger partial charge is 0.473 e. The molecule has 0 aromatic heterocycles. The standard InChI is InChI=1S/C13H11BrO5/c1-17-12(15)9-6-7-5-8(14)3-4-10(7)19-11(9)13(16)18-2/h3-6,11H,1-2H3/t11-/m0/s1. The molecular weight excluding hydrogens is 316 g/mol. The third-order valence-electron chi connectivity index (χ3n) is 2.65. The molecule has 19 heavy (non-hydrogen) atoms. The van der Waals surface area contributed by atoms with Gasteiger partial charge in [0, 0.05) is 10.0 Å². The van der Waals surface area contributed by atoms with Crippen LogP contribution in [0.5, 0.6) is 5.75 Å². The fourth-order valence-corrected chi connectivity index (χ4v) is 2.12. The zero-order valence-corrected chi connectivity index (χ0v) is 11.9. The second-order valence-electron chi connectivity index (χ2n) is 3.79. The van der Waals surface area contributed by atoms with Crippen LogP contribution in [0.4, 0.5) is 0 Å². The topological polar surface area (TPSA) is 61.8 Å². The Kier molecular flexibility index (Phi) is 3.90. The summed E-state index contributed by atoms with van der Waals surface area (Å²) < 4.78 is 15.6. The van der Waals surface area contributed by atoms with Crippen molar-refractivity contribution < 1.29 is 23.8 Å². The number of benzene rings is 1. The highest BCUT2D eigenvalue weighted by Gasteiger charge is 2.35. The fourth-order valence-electron chi connectivity index (χ4n) is 1.74. The normalized spacial score (nSPS) is 16.8. The number of carbonyl (C=O) groups is 2. The van der Waals surface area contributed by atoms with Gasteiger partial charge in [-0.15, -0.1) is 0 Å². The van der Waals surface area contributed by atoms with Crippen LogP contribution in [0.15, 0.2) is 28.2 Å². The van der Waals surface area contributed by atoms with Crippen molar-refractivity contribution in [3.05, 3.63) is 33.8 Å². The number of hydrogen-bond donors (Lipinski definition) is 0. The summed E-state index contributed by atoms with van der Waals surface area (Å²) in [6.45, 7) is 0. The van der Waals surface area contributed by atoms with Crippen molar-refractivity contribution >= 4 is 33.9 Å². The summed E-state index contributed by atoms with van der Waals surface area (Å²) in [5.41, 5.74) is 0.801. The van der Waals surface area contributed by atoms with Gasteiger partial charge in [-0.2, -0.15) is 0 Å². The molecule has 0 radical (unpaired) electrons. The van der Waals surface area contributed by atoms with E-state index in [4.69, 9.17) is 4.74 Å². The molecule has 1 aliphatic heterocycles. The van der Waals surface area contributed by atoms with Crippen molar-refractivity contribution in [3.8, 4) is 5.75 Å². The van der Waals surface area contributed by atoms with E-state index in [1.54, 1.807) is 24.3 Å². The maximum absolute atomic E-state index is 11.7. The van der Waals surface area contributed by atoms with Gasteiger partial charge in [0.05, 0.1) is 19.8 Å². The molecule has 1 heterocycles. The lowest BCUT2D eigenvalue weighted by Crippen LogP contribution is -2.36. The van der Waals surface area contributed by atoms with Gasteiger partial charge in [0.2, 0.25) is 6.10 Å². The Morgan fingerprint density at radius 1 is 1.26 bits per heavy atom. The molecular formula is C13H11BrO5. The van der Waals surface area contributed by atoms with Crippen LogP contribution in [-0.4, -0.2) is 32.3 Å². The molecule has 0 saturated carbocycles. The van der Waals surface area contributed by atoms with E-state index in [1.807, 2.05) is 0 Å². The Morgan fingerprint density at radius 2 is 2.00 bits per heavy atom. The predicted molar refractivity (Wildman–Crippen MR) is 70.6 cm³/mol. The van der Waals surface area contributed by atoms with Crippen molar-refractivity contribution in [1.82, 2.24) is 0 Å². The molecule has 100 valence electrons. The summed E-state index contributed by atoms with van der Waals surface area (Å²) in [6.07, 6.45) is 0.461. The van der Waals surface area contributed by atoms with E-state index in [9.17, 15) is 9.59 Å². The van der Waals surface area contributed by atoms with Crippen molar-refractivity contribution in [2.75, 3.05) is 14.2 Å². The Bertz CT molecular complexity index is 564. The smallest absolute Gasteiger partial charge is 0.352 e. The number of ether oxygens (including phenoxy) is 3. The molecule has 0 spiro atoms. The van der Waals surface area contributed by atoms with Crippen LogP contribution in [0.25, 0.3) is 6.08 Å². The minimum Gasteiger partial charge on any atom is -0.473 e. The first kappa shape index (κ1) is 13.6. The van der Waals surface area contributed by atoms with E-state index >= 15 is 0 Å². The molecule has 0 saturated heterocycles. The first-order valence-corrected chi connectivity index (χ1v) is 6.20. The van der Waals surface area contributed by atoms with Crippen molar-refractivity contribution in [3.63, 3.8) is 0 Å². The minimum atomic E-state index is -1.11. The summed E-state index contributed by atoms with van der Waals surface area (Å²) >= 11 is 3.33. The van der Waals surface area contributed by atoms with E-state index in [0.717, 1.165) is 4.47 Å². The molecule has 1 aromatic rings. The Balaban J connectivity index is 2.49. The van der Waals surface area contributed by atoms with Crippen LogP contribution >= 0.6 is 15.9 Å². The molecule has 0 bridgehead atoms. The average molecular weight is 327 g/mol. The second kappa shape index (κ2) is 5.44. The number of methoxy groups -OCH3 is 2. The van der Waals surface area contributed by atoms with Crippen LogP contribution in [0.3, 0.4) is 0 Å². The molecule has 1 aliphatic rings. The summed E-state index contributed by atoms with van der Waals surface area (Å²) in [5.74, 6) is -0.766. The van der Waals surface area contributed by atoms with E-state index in [0.29, 0.717) is 11.3 Å². The van der Waals surface area contributed by atoms with Crippen LogP contribution in [-0.2, 0) is 19.1 Å². The Hall–Kier alpha value is -1.82. The first-order valence-electron chi connectivity index (χ1n) is 5.40. The van der Waals surface area contributed by atoms with Crippen molar-refractivity contribution in [2.24, 2.45) is 0 Å². The zero-order chi connectivity index (χ0) is 14.0. The van der Waals surface area contributed by atoms with Crippen LogP contribution < -0.4 is 4.74 Å². The molecule has 1 aromatic carbocycles. The van der Waals surface area contributed by atoms with Crippen LogP contribution in [0, 0.1) is 0 Å². The number of fused-ring (bicyclic) bond motifs is 1. The van der Waals surface area contributed by atoms with Gasteiger partial charge >= 0.3 is 11.9 Å². The van der Waals surface area contributed by atoms with Gasteiger partial charge in [-0.25, -0.2) is 9.59 Å². The monoisotopic (exact) mass is 326 g/mol. The SMILES string of the molecule is COC(=O)C1=Cc2cc(Br)ccc2O[C@@H]1C(=O)OC. The number of hydrogen-bond acceptors (Lipinski definition) is 5. The van der Waals surface area contributed by atoms with Crippen molar-refractivity contribution in [1.29, 1.82) is 0 Å². The number of rotatable bonds is 2. The molecule has 1 atom stereocenters. The number of carbonyl (C=O) groups excluding carboxylic acids is 2. The summed E-state index contributed by atoms with van der Waals surface area (Å²) in [5, 5.41) is 0. The van der Waals surface area contributed by atoms with Crippen molar-refractivity contribution in [2.45, 2.75) is 6.10 Å². The molecule has 0 unspecified atom stereocenters. The summed E-state index contributed by atoms with van der Waals surface area (Å²) in [4.78, 5) is 23.4. The second-order valence-corrected chi connectivity index (χ2v) is 4.71. The van der Waals surface area contributed by atoms with Gasteiger partial charge in [0.15, 0.2) is 0 Å². The highest BCUT2D eigenvalue weighted by Crippen LogP contribution is 2.32. The first-order chi connectivity index (χ1) is 9.06. The maximum Gasteiger partial charge on any atom is 0.352 e. The summed E-state index contributed by atoms with van der Waals surface area (Å²) in [6, 6.07) is 5.27. The van der Waals surface area contributed by atoms with Crippen LogP contribution in [0.2, 0.25) is 0 Å². The maximum atomic E-state index is 11.7. The highest BCUT2D eigenvalue weighted by atomic mass is 79.9. The quantitative estimate of drug-likeness (QED) is 0.777. The number of esters is 2. The highest BCUT2D eigenvalue weighted by molar-refractivity contribution is 9.10. The summed E-state index contributed by atoms with van der Waals surface area (Å²) in [7, 11) is 2.48. The Morgan fingerprint density at radius 3 is 2.63 bits per heavy atom. The van der Waals surface area contributed by atoms with Crippen LogP contribution in [0.1, 0.15) is 5.56 Å². The van der Waals surface area contributed by atoms with Gasteiger partial charge in [-0.05, 0) is 24.3 Å². The fraction of sp³-hybridized carbons (Fsp3) is 0.231. The van der Waals surface area contributed by atoms with Gasteiger partial charge in [0.1, 0.15) is 5.75 Å². The van der Waals surface area contributed by atoms with Gasteiger partial charge in [0.25, 0.3) is 0 Å². The lowest BCUT2D eigenvalue weighted by molar-refractivity contribution is -0.150. The molecule has 0 amide bonds. The molecule has 0 fully saturated rings. The molecule has 5 nitrogen and oxygen atoms in total. The molecule has 0 aliphatic carbocycles. The molecule has 0 N–H and O–H groups in total. The van der Waals surface area contributed by atoms with E-state index in [1.165, 1.54) is 14.2 Å².